The maximum absolute atomic E-state index is 13.0. The second-order valence-electron chi connectivity index (χ2n) is 3.96. The van der Waals surface area contributed by atoms with Gasteiger partial charge in [0, 0.05) is 18.8 Å². The van der Waals surface area contributed by atoms with Gasteiger partial charge in [0.25, 0.3) is 0 Å². The van der Waals surface area contributed by atoms with Gasteiger partial charge in [0.15, 0.2) is 11.6 Å². The number of rotatable bonds is 4. The van der Waals surface area contributed by atoms with E-state index < -0.39 is 16.9 Å². The molecular formula is C11H11F2N5OS. The Hall–Kier alpha value is -2.03. The molecule has 1 N–H and O–H groups in total. The van der Waals surface area contributed by atoms with Crippen LogP contribution in [0.4, 0.5) is 14.5 Å². The van der Waals surface area contributed by atoms with Crippen LogP contribution in [0, 0.1) is 11.6 Å². The summed E-state index contributed by atoms with van der Waals surface area (Å²) in [5.41, 5.74) is 0.192. The summed E-state index contributed by atoms with van der Waals surface area (Å²) in [6.07, 6.45) is 0. The number of halogens is 2. The summed E-state index contributed by atoms with van der Waals surface area (Å²) in [7, 11) is 1.66. The Labute approximate surface area is 117 Å². The Bertz CT molecular complexity index is 633. The zero-order chi connectivity index (χ0) is 14.7. The Morgan fingerprint density at radius 2 is 2.15 bits per heavy atom. The maximum atomic E-state index is 13.0. The van der Waals surface area contributed by atoms with Crippen molar-refractivity contribution in [2.75, 3.05) is 5.32 Å². The molecule has 1 aromatic carbocycles. The molecule has 0 aliphatic rings. The molecule has 1 atom stereocenters. The van der Waals surface area contributed by atoms with Crippen molar-refractivity contribution in [3.63, 3.8) is 0 Å². The van der Waals surface area contributed by atoms with Crippen molar-refractivity contribution in [2.24, 2.45) is 7.05 Å². The highest BCUT2D eigenvalue weighted by molar-refractivity contribution is 8.00. The van der Waals surface area contributed by atoms with Gasteiger partial charge in [0.2, 0.25) is 11.1 Å². The molecule has 0 saturated heterocycles. The third-order valence-corrected chi connectivity index (χ3v) is 3.54. The first-order chi connectivity index (χ1) is 9.47. The number of tetrazole rings is 1. The van der Waals surface area contributed by atoms with Crippen LogP contribution in [0.2, 0.25) is 0 Å². The summed E-state index contributed by atoms with van der Waals surface area (Å²) in [4.78, 5) is 11.9. The highest BCUT2D eigenvalue weighted by atomic mass is 32.2. The number of aromatic nitrogens is 4. The zero-order valence-electron chi connectivity index (χ0n) is 10.7. The Morgan fingerprint density at radius 1 is 1.40 bits per heavy atom. The molecule has 0 radical (unpaired) electrons. The molecule has 0 aliphatic carbocycles. The standard InChI is InChI=1S/C11H11F2N5OS/c1-6(20-11-15-16-17-18(11)2)10(19)14-7-3-4-8(12)9(13)5-7/h3-6H,1-2H3,(H,14,19). The summed E-state index contributed by atoms with van der Waals surface area (Å²) in [5.74, 6) is -2.33. The SMILES string of the molecule is CC(Sc1nnnn1C)C(=O)Nc1ccc(F)c(F)c1. The van der Waals surface area contributed by atoms with Gasteiger partial charge >= 0.3 is 0 Å². The largest absolute Gasteiger partial charge is 0.325 e. The van der Waals surface area contributed by atoms with Crippen molar-refractivity contribution in [2.45, 2.75) is 17.3 Å². The van der Waals surface area contributed by atoms with Crippen molar-refractivity contribution in [3.05, 3.63) is 29.8 Å². The summed E-state index contributed by atoms with van der Waals surface area (Å²) in [6, 6.07) is 3.17. The number of aryl methyl sites for hydroxylation is 1. The predicted octanol–water partition coefficient (Wildman–Crippen LogP) is 1.61. The zero-order valence-corrected chi connectivity index (χ0v) is 11.5. The summed E-state index contributed by atoms with van der Waals surface area (Å²) < 4.78 is 27.2. The number of hydrogen-bond donors (Lipinski definition) is 1. The van der Waals surface area contributed by atoms with E-state index in [1.54, 1.807) is 14.0 Å². The molecule has 1 amide bonds. The number of anilines is 1. The lowest BCUT2D eigenvalue weighted by atomic mass is 10.3. The predicted molar refractivity (Wildman–Crippen MR) is 69.1 cm³/mol. The minimum Gasteiger partial charge on any atom is -0.325 e. The number of hydrogen-bond acceptors (Lipinski definition) is 5. The molecule has 0 aliphatic heterocycles. The van der Waals surface area contributed by atoms with Crippen LogP contribution >= 0.6 is 11.8 Å². The molecule has 0 saturated carbocycles. The lowest BCUT2D eigenvalue weighted by Crippen LogP contribution is -2.23. The number of carbonyl (C=O) groups excluding carboxylic acids is 1. The molecule has 2 aromatic rings. The van der Waals surface area contributed by atoms with E-state index in [1.807, 2.05) is 0 Å². The van der Waals surface area contributed by atoms with E-state index in [2.05, 4.69) is 20.8 Å². The average molecular weight is 299 g/mol. The van der Waals surface area contributed by atoms with E-state index in [1.165, 1.54) is 10.7 Å². The van der Waals surface area contributed by atoms with Crippen LogP contribution < -0.4 is 5.32 Å². The summed E-state index contributed by atoms with van der Waals surface area (Å²) in [5, 5.41) is 13.3. The molecule has 1 aromatic heterocycles. The van der Waals surface area contributed by atoms with Crippen molar-refractivity contribution in [1.29, 1.82) is 0 Å². The molecule has 2 rings (SSSR count). The quantitative estimate of drug-likeness (QED) is 0.868. The third-order valence-electron chi connectivity index (χ3n) is 2.42. The van der Waals surface area contributed by atoms with E-state index in [0.29, 0.717) is 5.16 Å². The first-order valence-electron chi connectivity index (χ1n) is 5.62. The fraction of sp³-hybridized carbons (Fsp3) is 0.273. The third kappa shape index (κ3) is 3.29. The molecule has 1 unspecified atom stereocenters. The van der Waals surface area contributed by atoms with Crippen LogP contribution in [0.1, 0.15) is 6.92 Å². The minimum absolute atomic E-state index is 0.192. The van der Waals surface area contributed by atoms with Crippen molar-refractivity contribution in [1.82, 2.24) is 20.2 Å². The number of thioether (sulfide) groups is 1. The van der Waals surface area contributed by atoms with Gasteiger partial charge in [-0.2, -0.15) is 0 Å². The Morgan fingerprint density at radius 3 is 2.75 bits per heavy atom. The van der Waals surface area contributed by atoms with E-state index in [0.717, 1.165) is 23.9 Å². The molecule has 6 nitrogen and oxygen atoms in total. The fourth-order valence-electron chi connectivity index (χ4n) is 1.35. The number of benzene rings is 1. The van der Waals surface area contributed by atoms with Crippen molar-refractivity contribution < 1.29 is 13.6 Å². The minimum atomic E-state index is -1.01. The van der Waals surface area contributed by atoms with Gasteiger partial charge in [-0.1, -0.05) is 11.8 Å². The van der Waals surface area contributed by atoms with E-state index >= 15 is 0 Å². The van der Waals surface area contributed by atoms with Gasteiger partial charge in [0.1, 0.15) is 0 Å². The summed E-state index contributed by atoms with van der Waals surface area (Å²) in [6.45, 7) is 1.66. The number of amides is 1. The van der Waals surface area contributed by atoms with E-state index in [4.69, 9.17) is 0 Å². The maximum Gasteiger partial charge on any atom is 0.237 e. The van der Waals surface area contributed by atoms with Gasteiger partial charge in [-0.25, -0.2) is 13.5 Å². The fourth-order valence-corrected chi connectivity index (χ4v) is 2.11. The molecule has 0 bridgehead atoms. The first kappa shape index (κ1) is 14.4. The van der Waals surface area contributed by atoms with Gasteiger partial charge in [-0.15, -0.1) is 5.10 Å². The van der Waals surface area contributed by atoms with Crippen LogP contribution in [-0.2, 0) is 11.8 Å². The number of carbonyl (C=O) groups is 1. The summed E-state index contributed by atoms with van der Waals surface area (Å²) >= 11 is 1.16. The molecule has 0 fully saturated rings. The topological polar surface area (TPSA) is 72.7 Å². The van der Waals surface area contributed by atoms with Gasteiger partial charge in [-0.05, 0) is 29.5 Å². The van der Waals surface area contributed by atoms with E-state index in [-0.39, 0.29) is 11.6 Å². The number of nitrogens with one attached hydrogen (secondary N) is 1. The van der Waals surface area contributed by atoms with Crippen LogP contribution in [-0.4, -0.2) is 31.4 Å². The smallest absolute Gasteiger partial charge is 0.237 e. The van der Waals surface area contributed by atoms with Crippen molar-refractivity contribution in [3.8, 4) is 0 Å². The van der Waals surface area contributed by atoms with Crippen molar-refractivity contribution >= 4 is 23.4 Å². The van der Waals surface area contributed by atoms with Crippen LogP contribution in [0.5, 0.6) is 0 Å². The van der Waals surface area contributed by atoms with E-state index in [9.17, 15) is 13.6 Å². The Kier molecular flexibility index (Phi) is 4.28. The lowest BCUT2D eigenvalue weighted by molar-refractivity contribution is -0.115. The average Bonchev–Trinajstić information content (AvgIpc) is 2.79. The van der Waals surface area contributed by atoms with Crippen LogP contribution in [0.15, 0.2) is 23.4 Å². The highest BCUT2D eigenvalue weighted by Gasteiger charge is 2.18. The molecule has 106 valence electrons. The van der Waals surface area contributed by atoms with Gasteiger partial charge < -0.3 is 5.32 Å². The first-order valence-corrected chi connectivity index (χ1v) is 6.50. The molecule has 1 heterocycles. The molecule has 9 heteroatoms. The lowest BCUT2D eigenvalue weighted by Gasteiger charge is -2.11. The molecule has 0 spiro atoms. The highest BCUT2D eigenvalue weighted by Crippen LogP contribution is 2.21. The molecular weight excluding hydrogens is 288 g/mol. The van der Waals surface area contributed by atoms with Crippen LogP contribution in [0.25, 0.3) is 0 Å². The monoisotopic (exact) mass is 299 g/mol. The second-order valence-corrected chi connectivity index (χ2v) is 5.27. The number of nitrogens with zero attached hydrogens (tertiary/aromatic N) is 4. The van der Waals surface area contributed by atoms with Gasteiger partial charge in [-0.3, -0.25) is 4.79 Å². The second kappa shape index (κ2) is 5.95. The van der Waals surface area contributed by atoms with Crippen LogP contribution in [0.3, 0.4) is 0 Å². The molecule has 20 heavy (non-hydrogen) atoms. The Balaban J connectivity index is 2.00. The van der Waals surface area contributed by atoms with Gasteiger partial charge in [0.05, 0.1) is 5.25 Å². The normalized spacial score (nSPS) is 12.2.